The van der Waals surface area contributed by atoms with Gasteiger partial charge in [-0.1, -0.05) is 12.1 Å². The quantitative estimate of drug-likeness (QED) is 0.352. The summed E-state index contributed by atoms with van der Waals surface area (Å²) in [5.41, 5.74) is -2.81. The first-order valence-electron chi connectivity index (χ1n) is 5.90. The van der Waals surface area contributed by atoms with E-state index < -0.39 is 42.3 Å². The molecule has 1 rings (SSSR count). The van der Waals surface area contributed by atoms with Gasteiger partial charge in [-0.2, -0.15) is 0 Å². The van der Waals surface area contributed by atoms with Crippen molar-refractivity contribution < 1.29 is 49.8 Å². The Hall–Kier alpha value is -2.14. The molecule has 0 heterocycles. The summed E-state index contributed by atoms with van der Waals surface area (Å²) in [6, 6.07) is 5.81. The third-order valence-corrected chi connectivity index (χ3v) is 2.42. The van der Waals surface area contributed by atoms with Crippen LogP contribution in [0.5, 0.6) is 5.75 Å². The van der Waals surface area contributed by atoms with Gasteiger partial charge in [-0.25, -0.2) is 9.59 Å². The first-order chi connectivity index (χ1) is 10.5. The van der Waals surface area contributed by atoms with E-state index in [-0.39, 0.29) is 40.9 Å². The summed E-state index contributed by atoms with van der Waals surface area (Å²) in [6.45, 7) is 0. The molecule has 1 aromatic rings. The van der Waals surface area contributed by atoms with E-state index in [4.69, 9.17) is 30.6 Å². The van der Waals surface area contributed by atoms with Gasteiger partial charge in [-0.05, 0) is 12.1 Å². The zero-order chi connectivity index (χ0) is 18.2. The maximum atomic E-state index is 10.3. The van der Waals surface area contributed by atoms with Crippen molar-refractivity contribution in [1.29, 1.82) is 0 Å². The molecule has 1 aromatic carbocycles. The molecular formula is C13H15NaO10. The van der Waals surface area contributed by atoms with Gasteiger partial charge in [0.15, 0.2) is 5.60 Å². The van der Waals surface area contributed by atoms with Gasteiger partial charge in [-0.15, -0.1) is 0 Å². The Bertz CT molecular complexity index is 597. The fourth-order valence-corrected chi connectivity index (χ4v) is 1.37. The van der Waals surface area contributed by atoms with Crippen molar-refractivity contribution in [3.63, 3.8) is 0 Å². The number of carboxylic acids is 4. The predicted molar refractivity (Wildman–Crippen MR) is 79.3 cm³/mol. The predicted octanol–water partition coefficient (Wildman–Crippen LogP) is -0.807. The summed E-state index contributed by atoms with van der Waals surface area (Å²) in [6.07, 6.45) is -2.29. The first kappa shape index (κ1) is 24.1. The SMILES string of the molecule is O=C(O)CC(O)(CC(=O)O)C(=O)O.O=C(O)c1ccccc1O.[NaH]. The Labute approximate surface area is 157 Å². The van der Waals surface area contributed by atoms with Crippen LogP contribution in [0.3, 0.4) is 0 Å². The number of carboxylic acid groups (broad SMARTS) is 4. The molecule has 0 aliphatic carbocycles. The van der Waals surface area contributed by atoms with E-state index >= 15 is 0 Å². The van der Waals surface area contributed by atoms with Crippen LogP contribution in [-0.4, -0.2) is 89.7 Å². The molecule has 0 aliphatic heterocycles. The monoisotopic (exact) mass is 354 g/mol. The van der Waals surface area contributed by atoms with Gasteiger partial charge in [0.25, 0.3) is 0 Å². The van der Waals surface area contributed by atoms with Crippen molar-refractivity contribution in [3.05, 3.63) is 29.8 Å². The van der Waals surface area contributed by atoms with Crippen LogP contribution in [0.25, 0.3) is 0 Å². The van der Waals surface area contributed by atoms with E-state index in [1.165, 1.54) is 12.1 Å². The van der Waals surface area contributed by atoms with Crippen molar-refractivity contribution in [1.82, 2.24) is 0 Å². The molecule has 24 heavy (non-hydrogen) atoms. The van der Waals surface area contributed by atoms with Crippen LogP contribution >= 0.6 is 0 Å². The Morgan fingerprint density at radius 3 is 1.54 bits per heavy atom. The third-order valence-electron chi connectivity index (χ3n) is 2.42. The molecule has 6 N–H and O–H groups in total. The summed E-state index contributed by atoms with van der Waals surface area (Å²) >= 11 is 0. The molecule has 0 amide bonds. The van der Waals surface area contributed by atoms with Crippen LogP contribution in [-0.2, 0) is 14.4 Å². The van der Waals surface area contributed by atoms with Crippen LogP contribution < -0.4 is 0 Å². The van der Waals surface area contributed by atoms with Crippen molar-refractivity contribution >= 4 is 53.4 Å². The number of aromatic carboxylic acids is 1. The zero-order valence-corrected chi connectivity index (χ0v) is 11.5. The molecule has 0 fully saturated rings. The number of aromatic hydroxyl groups is 1. The van der Waals surface area contributed by atoms with Crippen LogP contribution in [0.1, 0.15) is 23.2 Å². The topological polar surface area (TPSA) is 190 Å². The normalized spacial score (nSPS) is 9.71. The van der Waals surface area contributed by atoms with Gasteiger partial charge >= 0.3 is 53.4 Å². The summed E-state index contributed by atoms with van der Waals surface area (Å²) in [4.78, 5) is 40.7. The van der Waals surface area contributed by atoms with E-state index in [0.29, 0.717) is 0 Å². The Kier molecular flexibility index (Phi) is 10.7. The van der Waals surface area contributed by atoms with Crippen LogP contribution in [0.15, 0.2) is 24.3 Å². The number of phenols is 1. The Balaban J connectivity index is 0. The molecule has 10 nitrogen and oxygen atoms in total. The molecule has 11 heteroatoms. The number of hydrogen-bond acceptors (Lipinski definition) is 6. The van der Waals surface area contributed by atoms with Gasteiger partial charge in [0.1, 0.15) is 11.3 Å². The number of hydrogen-bond donors (Lipinski definition) is 6. The number of aliphatic hydroxyl groups is 1. The molecular weight excluding hydrogens is 339 g/mol. The summed E-state index contributed by atoms with van der Waals surface area (Å²) < 4.78 is 0. The standard InChI is InChI=1S/C7H6O3.C6H8O7.Na.H/c8-6-4-2-1-3-5(6)7(9)10;7-3(8)1-6(13,5(11)12)2-4(9)10;;/h1-4,8H,(H,9,10);13H,1-2H2,(H,7,8)(H,9,10)(H,11,12);;. The molecule has 128 valence electrons. The van der Waals surface area contributed by atoms with Crippen molar-refractivity contribution in [2.45, 2.75) is 18.4 Å². The average molecular weight is 354 g/mol. The van der Waals surface area contributed by atoms with Crippen molar-refractivity contribution in [2.24, 2.45) is 0 Å². The number of aliphatic carboxylic acids is 3. The second-order valence-corrected chi connectivity index (χ2v) is 4.30. The Morgan fingerprint density at radius 2 is 1.29 bits per heavy atom. The van der Waals surface area contributed by atoms with Crippen LogP contribution in [0.2, 0.25) is 0 Å². The minimum absolute atomic E-state index is 0. The first-order valence-corrected chi connectivity index (χ1v) is 5.90. The van der Waals surface area contributed by atoms with Gasteiger partial charge in [-0.3, -0.25) is 9.59 Å². The van der Waals surface area contributed by atoms with Crippen molar-refractivity contribution in [2.75, 3.05) is 0 Å². The van der Waals surface area contributed by atoms with E-state index in [2.05, 4.69) is 0 Å². The van der Waals surface area contributed by atoms with E-state index in [1.807, 2.05) is 0 Å². The number of carbonyl (C=O) groups is 4. The summed E-state index contributed by atoms with van der Waals surface area (Å²) in [7, 11) is 0. The molecule has 0 aromatic heterocycles. The molecule has 0 bridgehead atoms. The van der Waals surface area contributed by atoms with Crippen LogP contribution in [0.4, 0.5) is 0 Å². The summed E-state index contributed by atoms with van der Waals surface area (Å²) in [5.74, 6) is -6.33. The summed E-state index contributed by atoms with van der Waals surface area (Å²) in [5, 5.41) is 51.1. The van der Waals surface area contributed by atoms with E-state index in [0.717, 1.165) is 0 Å². The van der Waals surface area contributed by atoms with Crippen molar-refractivity contribution in [3.8, 4) is 5.75 Å². The van der Waals surface area contributed by atoms with Gasteiger partial charge < -0.3 is 30.6 Å². The molecule has 0 saturated heterocycles. The van der Waals surface area contributed by atoms with Crippen LogP contribution in [0, 0.1) is 0 Å². The number of para-hydroxylation sites is 1. The molecule has 0 unspecified atom stereocenters. The fourth-order valence-electron chi connectivity index (χ4n) is 1.37. The third kappa shape index (κ3) is 8.48. The fraction of sp³-hybridized carbons (Fsp3) is 0.231. The van der Waals surface area contributed by atoms with Gasteiger partial charge in [0.05, 0.1) is 12.8 Å². The number of rotatable bonds is 6. The minimum atomic E-state index is -2.74. The van der Waals surface area contributed by atoms with E-state index in [9.17, 15) is 19.2 Å². The van der Waals surface area contributed by atoms with E-state index in [1.54, 1.807) is 12.1 Å². The zero-order valence-electron chi connectivity index (χ0n) is 11.5. The second kappa shape index (κ2) is 10.6. The average Bonchev–Trinajstić information content (AvgIpc) is 2.37. The maximum absolute atomic E-state index is 10.3. The molecule has 0 saturated carbocycles. The molecule has 0 aliphatic rings. The Morgan fingerprint density at radius 1 is 0.875 bits per heavy atom. The molecule has 0 atom stereocenters. The number of benzene rings is 1. The second-order valence-electron chi connectivity index (χ2n) is 4.30. The van der Waals surface area contributed by atoms with Gasteiger partial charge in [0, 0.05) is 0 Å². The molecule has 0 spiro atoms. The molecule has 0 radical (unpaired) electrons. The van der Waals surface area contributed by atoms with Gasteiger partial charge in [0.2, 0.25) is 0 Å².